The molecule has 2 heterocycles. The highest BCUT2D eigenvalue weighted by molar-refractivity contribution is 7.10. The van der Waals surface area contributed by atoms with Gasteiger partial charge in [0.1, 0.15) is 5.69 Å². The van der Waals surface area contributed by atoms with Crippen LogP contribution >= 0.6 is 11.3 Å². The van der Waals surface area contributed by atoms with Crippen molar-refractivity contribution in [3.63, 3.8) is 0 Å². The maximum atomic E-state index is 13.5. The second kappa shape index (κ2) is 6.40. The van der Waals surface area contributed by atoms with E-state index in [0.717, 1.165) is 4.88 Å². The van der Waals surface area contributed by atoms with Gasteiger partial charge in [-0.05, 0) is 25.5 Å². The fraction of sp³-hybridized carbons (Fsp3) is 0.308. The van der Waals surface area contributed by atoms with Crippen molar-refractivity contribution in [2.75, 3.05) is 26.0 Å². The van der Waals surface area contributed by atoms with Gasteiger partial charge >= 0.3 is 0 Å². The second-order valence-corrected chi connectivity index (χ2v) is 5.55. The molecule has 0 amide bonds. The van der Waals surface area contributed by atoms with E-state index in [0.29, 0.717) is 0 Å². The first kappa shape index (κ1) is 15.7. The zero-order valence-electron chi connectivity index (χ0n) is 11.3. The van der Waals surface area contributed by atoms with E-state index in [1.54, 1.807) is 14.1 Å². The Morgan fingerprint density at radius 2 is 1.81 bits per heavy atom. The average molecular weight is 319 g/mol. The van der Waals surface area contributed by atoms with E-state index in [1.807, 2.05) is 22.4 Å². The molecule has 21 heavy (non-hydrogen) atoms. The molecule has 2 aromatic rings. The molecule has 0 unspecified atom stereocenters. The predicted octanol–water partition coefficient (Wildman–Crippen LogP) is 3.41. The standard InChI is InChI=1S/C13H13F4N3S/c1-20(2)7(8-4-3-5-21-8)6-18-11-9(14)12(16)19-13(17)10(11)15/h3-5,7H,6H2,1-2H3,(H,18,19)/t7-/m0/s1. The molecule has 2 aromatic heterocycles. The number of rotatable bonds is 5. The Balaban J connectivity index is 2.23. The summed E-state index contributed by atoms with van der Waals surface area (Å²) in [5, 5.41) is 4.30. The lowest BCUT2D eigenvalue weighted by Crippen LogP contribution is -2.27. The van der Waals surface area contributed by atoms with Gasteiger partial charge in [0.15, 0.2) is 0 Å². The van der Waals surface area contributed by atoms with Crippen LogP contribution in [0.4, 0.5) is 23.2 Å². The molecule has 0 aliphatic heterocycles. The van der Waals surface area contributed by atoms with Gasteiger partial charge in [-0.25, -0.2) is 0 Å². The highest BCUT2D eigenvalue weighted by Gasteiger charge is 2.22. The maximum absolute atomic E-state index is 13.5. The maximum Gasteiger partial charge on any atom is 0.253 e. The van der Waals surface area contributed by atoms with E-state index in [-0.39, 0.29) is 12.6 Å². The molecule has 0 aliphatic carbocycles. The Morgan fingerprint density at radius 1 is 1.19 bits per heavy atom. The summed E-state index contributed by atoms with van der Waals surface area (Å²) in [6.07, 6.45) is 0. The number of aromatic nitrogens is 1. The minimum atomic E-state index is -1.67. The van der Waals surface area contributed by atoms with Gasteiger partial charge in [-0.3, -0.25) is 0 Å². The molecule has 1 N–H and O–H groups in total. The first-order chi connectivity index (χ1) is 9.91. The van der Waals surface area contributed by atoms with Crippen molar-refractivity contribution in [2.24, 2.45) is 0 Å². The summed E-state index contributed by atoms with van der Waals surface area (Å²) in [5.41, 5.74) is -0.844. The van der Waals surface area contributed by atoms with Crippen LogP contribution in [-0.4, -0.2) is 30.5 Å². The molecule has 0 saturated carbocycles. The molecular weight excluding hydrogens is 306 g/mol. The highest BCUT2D eigenvalue weighted by Crippen LogP contribution is 2.26. The van der Waals surface area contributed by atoms with Crippen molar-refractivity contribution < 1.29 is 17.6 Å². The second-order valence-electron chi connectivity index (χ2n) is 4.57. The number of nitrogens with one attached hydrogen (secondary N) is 1. The van der Waals surface area contributed by atoms with Crippen LogP contribution in [0, 0.1) is 23.5 Å². The third-order valence-electron chi connectivity index (χ3n) is 2.96. The number of hydrogen-bond acceptors (Lipinski definition) is 4. The molecule has 0 bridgehead atoms. The van der Waals surface area contributed by atoms with Crippen molar-refractivity contribution >= 4 is 17.0 Å². The summed E-state index contributed by atoms with van der Waals surface area (Å²) in [7, 11) is 3.60. The van der Waals surface area contributed by atoms with E-state index < -0.39 is 29.2 Å². The summed E-state index contributed by atoms with van der Waals surface area (Å²) < 4.78 is 53.1. The van der Waals surface area contributed by atoms with Crippen LogP contribution in [0.25, 0.3) is 0 Å². The third kappa shape index (κ3) is 3.33. The summed E-state index contributed by atoms with van der Waals surface area (Å²) >= 11 is 1.48. The molecule has 3 nitrogen and oxygen atoms in total. The van der Waals surface area contributed by atoms with Gasteiger partial charge < -0.3 is 10.2 Å². The van der Waals surface area contributed by atoms with Gasteiger partial charge in [-0.1, -0.05) is 6.07 Å². The van der Waals surface area contributed by atoms with E-state index in [1.165, 1.54) is 11.3 Å². The molecule has 0 fully saturated rings. The molecule has 0 aromatic carbocycles. The van der Waals surface area contributed by atoms with Gasteiger partial charge in [0.25, 0.3) is 11.9 Å². The van der Waals surface area contributed by atoms with E-state index in [9.17, 15) is 17.6 Å². The monoisotopic (exact) mass is 319 g/mol. The quantitative estimate of drug-likeness (QED) is 0.676. The van der Waals surface area contributed by atoms with Gasteiger partial charge in [-0.15, -0.1) is 11.3 Å². The number of nitrogens with zero attached hydrogens (tertiary/aromatic N) is 2. The minimum Gasteiger partial charge on any atom is -0.378 e. The van der Waals surface area contributed by atoms with Crippen molar-refractivity contribution in [3.8, 4) is 0 Å². The summed E-state index contributed by atoms with van der Waals surface area (Å²) in [5.74, 6) is -6.40. The molecule has 114 valence electrons. The molecule has 8 heteroatoms. The van der Waals surface area contributed by atoms with Crippen LogP contribution in [0.3, 0.4) is 0 Å². The Labute approximate surface area is 123 Å². The largest absolute Gasteiger partial charge is 0.378 e. The van der Waals surface area contributed by atoms with Gasteiger partial charge in [0.2, 0.25) is 11.6 Å². The molecule has 0 spiro atoms. The Bertz CT molecular complexity index is 590. The topological polar surface area (TPSA) is 28.2 Å². The molecule has 0 radical (unpaired) electrons. The van der Waals surface area contributed by atoms with Crippen LogP contribution in [0.1, 0.15) is 10.9 Å². The van der Waals surface area contributed by atoms with Crippen LogP contribution < -0.4 is 5.32 Å². The average Bonchev–Trinajstić information content (AvgIpc) is 2.94. The molecule has 1 atom stereocenters. The molecule has 2 rings (SSSR count). The van der Waals surface area contributed by atoms with Crippen LogP contribution in [0.5, 0.6) is 0 Å². The number of likely N-dealkylation sites (N-methyl/N-ethyl adjacent to an activating group) is 1. The molecular formula is C13H13F4N3S. The first-order valence-corrected chi connectivity index (χ1v) is 6.93. The van der Waals surface area contributed by atoms with E-state index in [4.69, 9.17) is 0 Å². The van der Waals surface area contributed by atoms with Gasteiger partial charge in [0, 0.05) is 11.4 Å². The van der Waals surface area contributed by atoms with Gasteiger partial charge in [0.05, 0.1) is 6.04 Å². The zero-order chi connectivity index (χ0) is 15.6. The predicted molar refractivity (Wildman–Crippen MR) is 73.3 cm³/mol. The number of hydrogen-bond donors (Lipinski definition) is 1. The lowest BCUT2D eigenvalue weighted by Gasteiger charge is -2.24. The van der Waals surface area contributed by atoms with E-state index >= 15 is 0 Å². The number of anilines is 1. The number of pyridine rings is 1. The van der Waals surface area contributed by atoms with Gasteiger partial charge in [-0.2, -0.15) is 22.5 Å². The highest BCUT2D eigenvalue weighted by atomic mass is 32.1. The third-order valence-corrected chi connectivity index (χ3v) is 3.94. The van der Waals surface area contributed by atoms with Crippen molar-refractivity contribution in [1.29, 1.82) is 0 Å². The summed E-state index contributed by atoms with van der Waals surface area (Å²) in [4.78, 5) is 5.31. The molecule has 0 aliphatic rings. The zero-order valence-corrected chi connectivity index (χ0v) is 12.1. The summed E-state index contributed by atoms with van der Waals surface area (Å²) in [6, 6.07) is 3.53. The van der Waals surface area contributed by atoms with Crippen molar-refractivity contribution in [1.82, 2.24) is 9.88 Å². The summed E-state index contributed by atoms with van der Waals surface area (Å²) in [6.45, 7) is 0.0875. The smallest absolute Gasteiger partial charge is 0.253 e. The van der Waals surface area contributed by atoms with Crippen molar-refractivity contribution in [2.45, 2.75) is 6.04 Å². The van der Waals surface area contributed by atoms with Crippen LogP contribution in [-0.2, 0) is 0 Å². The SMILES string of the molecule is CN(C)[C@@H](CNc1c(F)c(F)nc(F)c1F)c1cccs1. The fourth-order valence-electron chi connectivity index (χ4n) is 1.86. The van der Waals surface area contributed by atoms with Crippen LogP contribution in [0.15, 0.2) is 17.5 Å². The van der Waals surface area contributed by atoms with Crippen molar-refractivity contribution in [3.05, 3.63) is 45.9 Å². The first-order valence-electron chi connectivity index (χ1n) is 6.05. The lowest BCUT2D eigenvalue weighted by molar-refractivity contribution is 0.315. The number of thiophene rings is 1. The fourth-order valence-corrected chi connectivity index (χ4v) is 2.78. The minimum absolute atomic E-state index is 0.0875. The Morgan fingerprint density at radius 3 is 2.29 bits per heavy atom. The Hall–Kier alpha value is -1.67. The lowest BCUT2D eigenvalue weighted by atomic mass is 10.2. The van der Waals surface area contributed by atoms with Crippen LogP contribution in [0.2, 0.25) is 0 Å². The normalized spacial score (nSPS) is 12.7. The van der Waals surface area contributed by atoms with E-state index in [2.05, 4.69) is 10.3 Å². The molecule has 0 saturated heterocycles. The Kier molecular flexibility index (Phi) is 4.79. The number of halogens is 4.